The summed E-state index contributed by atoms with van der Waals surface area (Å²) < 4.78 is 1.81. The van der Waals surface area contributed by atoms with Crippen molar-refractivity contribution in [3.8, 4) is 11.4 Å². The molecule has 5 nitrogen and oxygen atoms in total. The van der Waals surface area contributed by atoms with Gasteiger partial charge in [-0.05, 0) is 25.1 Å². The molecule has 18 heavy (non-hydrogen) atoms. The Morgan fingerprint density at radius 2 is 2.06 bits per heavy atom. The van der Waals surface area contributed by atoms with Crippen LogP contribution in [0.1, 0.15) is 5.69 Å². The highest BCUT2D eigenvalue weighted by molar-refractivity contribution is 6.33. The molecule has 0 saturated heterocycles. The molecule has 0 fully saturated rings. The van der Waals surface area contributed by atoms with Gasteiger partial charge in [0, 0.05) is 17.3 Å². The SMILES string of the molecule is Cc1cc2nnc(-c3ccc(N)c(Cl)c3)n2cn1. The predicted molar refractivity (Wildman–Crippen MR) is 70.4 cm³/mol. The van der Waals surface area contributed by atoms with Gasteiger partial charge in [-0.25, -0.2) is 4.98 Å². The second kappa shape index (κ2) is 3.96. The molecule has 2 aromatic heterocycles. The Balaban J connectivity index is 2.22. The first kappa shape index (κ1) is 11.0. The topological polar surface area (TPSA) is 69.1 Å². The number of fused-ring (bicyclic) bond motifs is 1. The molecule has 2 heterocycles. The van der Waals surface area contributed by atoms with Crippen molar-refractivity contribution in [2.45, 2.75) is 6.92 Å². The molecule has 0 saturated carbocycles. The minimum absolute atomic E-state index is 0.504. The number of anilines is 1. The van der Waals surface area contributed by atoms with Crippen LogP contribution >= 0.6 is 11.6 Å². The average Bonchev–Trinajstić information content (AvgIpc) is 2.75. The molecule has 0 aliphatic carbocycles. The third kappa shape index (κ3) is 1.69. The number of hydrogen-bond donors (Lipinski definition) is 1. The molecule has 0 spiro atoms. The Hall–Kier alpha value is -2.14. The molecule has 0 bridgehead atoms. The highest BCUT2D eigenvalue weighted by atomic mass is 35.5. The maximum Gasteiger partial charge on any atom is 0.169 e. The van der Waals surface area contributed by atoms with Gasteiger partial charge in [-0.15, -0.1) is 10.2 Å². The molecule has 1 aromatic carbocycles. The Morgan fingerprint density at radius 3 is 2.83 bits per heavy atom. The minimum Gasteiger partial charge on any atom is -0.398 e. The van der Waals surface area contributed by atoms with Crippen molar-refractivity contribution < 1.29 is 0 Å². The van der Waals surface area contributed by atoms with Crippen LogP contribution in [0, 0.1) is 6.92 Å². The summed E-state index contributed by atoms with van der Waals surface area (Å²) in [7, 11) is 0. The number of aromatic nitrogens is 4. The molecular weight excluding hydrogens is 250 g/mol. The predicted octanol–water partition coefficient (Wildman–Crippen LogP) is 2.34. The van der Waals surface area contributed by atoms with Crippen LogP contribution in [0.15, 0.2) is 30.6 Å². The van der Waals surface area contributed by atoms with Gasteiger partial charge < -0.3 is 5.73 Å². The lowest BCUT2D eigenvalue weighted by molar-refractivity contribution is 1.05. The van der Waals surface area contributed by atoms with Crippen LogP contribution in [0.2, 0.25) is 5.02 Å². The number of rotatable bonds is 1. The van der Waals surface area contributed by atoms with E-state index in [1.165, 1.54) is 0 Å². The number of nitrogens with two attached hydrogens (primary N) is 1. The zero-order chi connectivity index (χ0) is 12.7. The van der Waals surface area contributed by atoms with Gasteiger partial charge in [-0.2, -0.15) is 0 Å². The Morgan fingerprint density at radius 1 is 1.22 bits per heavy atom. The van der Waals surface area contributed by atoms with E-state index in [1.807, 2.05) is 23.5 Å². The normalized spacial score (nSPS) is 11.0. The highest BCUT2D eigenvalue weighted by Gasteiger charge is 2.09. The number of halogens is 1. The first-order valence-corrected chi connectivity index (χ1v) is 5.76. The van der Waals surface area contributed by atoms with Crippen molar-refractivity contribution in [3.05, 3.63) is 41.3 Å². The standard InChI is InChI=1S/C12H10ClN5/c1-7-4-11-16-17-12(18(11)6-15-7)8-2-3-10(14)9(13)5-8/h2-6H,14H2,1H3. The quantitative estimate of drug-likeness (QED) is 0.681. The first-order chi connectivity index (χ1) is 8.65. The van der Waals surface area contributed by atoms with E-state index in [-0.39, 0.29) is 0 Å². The molecule has 0 atom stereocenters. The summed E-state index contributed by atoms with van der Waals surface area (Å²) in [5.41, 5.74) is 8.74. The molecule has 0 aliphatic rings. The molecule has 90 valence electrons. The van der Waals surface area contributed by atoms with Gasteiger partial charge in [0.2, 0.25) is 0 Å². The Bertz CT molecular complexity index is 734. The van der Waals surface area contributed by atoms with Crippen LogP contribution in [-0.2, 0) is 0 Å². The van der Waals surface area contributed by atoms with E-state index in [4.69, 9.17) is 17.3 Å². The number of nitrogen functional groups attached to an aromatic ring is 1. The van der Waals surface area contributed by atoms with E-state index < -0.39 is 0 Å². The largest absolute Gasteiger partial charge is 0.398 e. The first-order valence-electron chi connectivity index (χ1n) is 5.38. The van der Waals surface area contributed by atoms with Gasteiger partial charge in [-0.3, -0.25) is 4.40 Å². The van der Waals surface area contributed by atoms with Crippen LogP contribution in [0.4, 0.5) is 5.69 Å². The summed E-state index contributed by atoms with van der Waals surface area (Å²) in [5.74, 6) is 0.694. The fraction of sp³-hybridized carbons (Fsp3) is 0.0833. The monoisotopic (exact) mass is 259 g/mol. The fourth-order valence-electron chi connectivity index (χ4n) is 1.75. The Kier molecular flexibility index (Phi) is 2.41. The Labute approximate surface area is 108 Å². The van der Waals surface area contributed by atoms with E-state index in [1.54, 1.807) is 18.5 Å². The number of hydrogen-bond acceptors (Lipinski definition) is 4. The summed E-state index contributed by atoms with van der Waals surface area (Å²) >= 11 is 6.01. The zero-order valence-electron chi connectivity index (χ0n) is 9.63. The van der Waals surface area contributed by atoms with Crippen LogP contribution in [0.5, 0.6) is 0 Å². The number of benzene rings is 1. The van der Waals surface area contributed by atoms with Gasteiger partial charge in [-0.1, -0.05) is 11.6 Å². The van der Waals surface area contributed by atoms with Gasteiger partial charge in [0.05, 0.1) is 10.7 Å². The van der Waals surface area contributed by atoms with Crippen molar-refractivity contribution >= 4 is 22.9 Å². The minimum atomic E-state index is 0.504. The molecule has 0 radical (unpaired) electrons. The third-order valence-corrected chi connectivity index (χ3v) is 3.02. The van der Waals surface area contributed by atoms with Crippen LogP contribution in [-0.4, -0.2) is 19.6 Å². The lowest BCUT2D eigenvalue weighted by Crippen LogP contribution is -1.93. The van der Waals surface area contributed by atoms with Crippen molar-refractivity contribution in [1.82, 2.24) is 19.6 Å². The zero-order valence-corrected chi connectivity index (χ0v) is 10.4. The van der Waals surface area contributed by atoms with Crippen LogP contribution in [0.3, 0.4) is 0 Å². The maximum absolute atomic E-state index is 6.01. The smallest absolute Gasteiger partial charge is 0.169 e. The third-order valence-electron chi connectivity index (χ3n) is 2.70. The molecule has 6 heteroatoms. The van der Waals surface area contributed by atoms with Crippen molar-refractivity contribution in [3.63, 3.8) is 0 Å². The van der Waals surface area contributed by atoms with Gasteiger partial charge >= 0.3 is 0 Å². The number of nitrogens with zero attached hydrogens (tertiary/aromatic N) is 4. The van der Waals surface area contributed by atoms with E-state index in [2.05, 4.69) is 15.2 Å². The number of aryl methyl sites for hydroxylation is 1. The summed E-state index contributed by atoms with van der Waals surface area (Å²) in [6.45, 7) is 1.91. The molecule has 0 unspecified atom stereocenters. The van der Waals surface area contributed by atoms with E-state index in [0.29, 0.717) is 16.5 Å². The lowest BCUT2D eigenvalue weighted by atomic mass is 10.2. The lowest BCUT2D eigenvalue weighted by Gasteiger charge is -2.02. The van der Waals surface area contributed by atoms with Crippen molar-refractivity contribution in [1.29, 1.82) is 0 Å². The van der Waals surface area contributed by atoms with Crippen LogP contribution in [0.25, 0.3) is 17.0 Å². The van der Waals surface area contributed by atoms with Crippen molar-refractivity contribution in [2.75, 3.05) is 5.73 Å². The van der Waals surface area contributed by atoms with E-state index in [9.17, 15) is 0 Å². The summed E-state index contributed by atoms with van der Waals surface area (Å²) in [4.78, 5) is 4.23. The van der Waals surface area contributed by atoms with Gasteiger partial charge in [0.25, 0.3) is 0 Å². The van der Waals surface area contributed by atoms with E-state index >= 15 is 0 Å². The van der Waals surface area contributed by atoms with Gasteiger partial charge in [0.1, 0.15) is 6.33 Å². The summed E-state index contributed by atoms with van der Waals surface area (Å²) in [5, 5.41) is 8.76. The summed E-state index contributed by atoms with van der Waals surface area (Å²) in [6.07, 6.45) is 1.70. The fourth-order valence-corrected chi connectivity index (χ4v) is 1.93. The highest BCUT2D eigenvalue weighted by Crippen LogP contribution is 2.26. The second-order valence-electron chi connectivity index (χ2n) is 4.02. The van der Waals surface area contributed by atoms with Gasteiger partial charge in [0.15, 0.2) is 11.5 Å². The molecule has 3 rings (SSSR count). The molecule has 0 amide bonds. The molecule has 0 aliphatic heterocycles. The second-order valence-corrected chi connectivity index (χ2v) is 4.43. The van der Waals surface area contributed by atoms with Crippen LogP contribution < -0.4 is 5.73 Å². The molecule has 2 N–H and O–H groups in total. The molecular formula is C12H10ClN5. The van der Waals surface area contributed by atoms with E-state index in [0.717, 1.165) is 16.9 Å². The maximum atomic E-state index is 6.01. The summed E-state index contributed by atoms with van der Waals surface area (Å²) in [6, 6.07) is 7.25. The average molecular weight is 260 g/mol. The van der Waals surface area contributed by atoms with Crippen molar-refractivity contribution in [2.24, 2.45) is 0 Å². The molecule has 3 aromatic rings.